The van der Waals surface area contributed by atoms with Crippen molar-refractivity contribution in [2.24, 2.45) is 5.92 Å². The van der Waals surface area contributed by atoms with Crippen molar-refractivity contribution in [1.29, 1.82) is 0 Å². The van der Waals surface area contributed by atoms with Crippen LogP contribution in [0.1, 0.15) is 69.3 Å². The Morgan fingerprint density at radius 3 is 2.51 bits per heavy atom. The number of carbonyl (C=O) groups excluding carboxylic acids is 4. The van der Waals surface area contributed by atoms with E-state index in [1.165, 1.54) is 29.4 Å². The van der Waals surface area contributed by atoms with Crippen molar-refractivity contribution in [2.75, 3.05) is 26.7 Å². The van der Waals surface area contributed by atoms with Gasteiger partial charge in [0.15, 0.2) is 17.6 Å². The molecule has 3 atom stereocenters. The van der Waals surface area contributed by atoms with Gasteiger partial charge in [0.25, 0.3) is 17.7 Å². The SMILES string of the molecule is COc1ccc2cc1O[C@@H](C(=O)NCCCn1nc(C)cc1C)[C@H](C)NC(=O)CN(C(=O)c1sc(C)nc1C)C[C@H](C(C)C)NC2=O. The van der Waals surface area contributed by atoms with Gasteiger partial charge in [-0.05, 0) is 71.2 Å². The maximum Gasteiger partial charge on any atom is 0.266 e. The maximum atomic E-state index is 13.8. The zero-order valence-electron chi connectivity index (χ0n) is 28.3. The Bertz CT molecular complexity index is 1620. The highest BCUT2D eigenvalue weighted by molar-refractivity contribution is 7.13. The second-order valence-corrected chi connectivity index (χ2v) is 13.4. The fourth-order valence-electron chi connectivity index (χ4n) is 5.43. The Balaban J connectivity index is 1.63. The number of fused-ring (bicyclic) bond motifs is 2. The molecular weight excluding hydrogens is 622 g/mol. The first-order valence-corrected chi connectivity index (χ1v) is 16.6. The van der Waals surface area contributed by atoms with E-state index in [1.807, 2.05) is 45.4 Å². The lowest BCUT2D eigenvalue weighted by atomic mass is 10.0. The van der Waals surface area contributed by atoms with Gasteiger partial charge in [-0.1, -0.05) is 13.8 Å². The molecule has 3 N–H and O–H groups in total. The molecular formula is C33H45N7O6S. The molecule has 14 heteroatoms. The number of nitrogens with zero attached hydrogens (tertiary/aromatic N) is 4. The summed E-state index contributed by atoms with van der Waals surface area (Å²) in [5.74, 6) is -1.27. The summed E-state index contributed by atoms with van der Waals surface area (Å²) in [5, 5.41) is 14.0. The lowest BCUT2D eigenvalue weighted by Gasteiger charge is -2.32. The van der Waals surface area contributed by atoms with E-state index in [0.29, 0.717) is 35.8 Å². The fraction of sp³-hybridized carbons (Fsp3) is 0.515. The van der Waals surface area contributed by atoms with Crippen LogP contribution in [-0.4, -0.2) is 88.2 Å². The highest BCUT2D eigenvalue weighted by Gasteiger charge is 2.33. The van der Waals surface area contributed by atoms with Crippen LogP contribution in [0.2, 0.25) is 0 Å². The summed E-state index contributed by atoms with van der Waals surface area (Å²) in [4.78, 5) is 60.7. The summed E-state index contributed by atoms with van der Waals surface area (Å²) in [7, 11) is 1.46. The number of hydrogen-bond donors (Lipinski definition) is 3. The number of aromatic nitrogens is 3. The molecule has 254 valence electrons. The zero-order chi connectivity index (χ0) is 34.4. The van der Waals surface area contributed by atoms with Gasteiger partial charge in [-0.25, -0.2) is 4.98 Å². The third-order valence-electron chi connectivity index (χ3n) is 7.99. The van der Waals surface area contributed by atoms with E-state index < -0.39 is 35.9 Å². The first-order chi connectivity index (χ1) is 22.3. The molecule has 1 aliphatic rings. The van der Waals surface area contributed by atoms with Crippen molar-refractivity contribution in [2.45, 2.75) is 79.6 Å². The number of hydrogen-bond acceptors (Lipinski definition) is 9. The van der Waals surface area contributed by atoms with E-state index in [-0.39, 0.29) is 36.2 Å². The van der Waals surface area contributed by atoms with Gasteiger partial charge in [-0.3, -0.25) is 23.9 Å². The average Bonchev–Trinajstić information content (AvgIpc) is 3.53. The quantitative estimate of drug-likeness (QED) is 0.310. The minimum absolute atomic E-state index is 0.0725. The number of thiazole rings is 1. The van der Waals surface area contributed by atoms with Crippen LogP contribution in [-0.2, 0) is 16.1 Å². The topological polar surface area (TPSA) is 157 Å². The van der Waals surface area contributed by atoms with Crippen LogP contribution in [0.3, 0.4) is 0 Å². The molecule has 0 spiro atoms. The van der Waals surface area contributed by atoms with Crippen molar-refractivity contribution in [3.05, 3.63) is 56.8 Å². The first kappa shape index (κ1) is 35.4. The molecule has 0 saturated carbocycles. The number of methoxy groups -OCH3 is 1. The summed E-state index contributed by atoms with van der Waals surface area (Å²) in [5.41, 5.74) is 2.82. The lowest BCUT2D eigenvalue weighted by molar-refractivity contribution is -0.130. The van der Waals surface area contributed by atoms with Gasteiger partial charge in [0.2, 0.25) is 5.91 Å². The van der Waals surface area contributed by atoms with E-state index >= 15 is 0 Å². The van der Waals surface area contributed by atoms with Gasteiger partial charge in [0.05, 0.1) is 36.1 Å². The molecule has 1 aliphatic heterocycles. The van der Waals surface area contributed by atoms with Crippen LogP contribution in [0.5, 0.6) is 11.5 Å². The van der Waals surface area contributed by atoms with Crippen LogP contribution in [0.4, 0.5) is 0 Å². The summed E-state index contributed by atoms with van der Waals surface area (Å²) >= 11 is 1.26. The van der Waals surface area contributed by atoms with Gasteiger partial charge in [-0.15, -0.1) is 11.3 Å². The standard InChI is InChI=1S/C33H45N7O6S/c1-18(2)25-16-39(33(44)30-22(6)35-23(7)47-30)17-28(41)36-21(5)29(32(43)34-12-9-13-40-20(4)14-19(3)38-40)46-27-15-24(31(42)37-25)10-11-26(27)45-8/h10-11,14-15,18,21,25,29H,9,12-13,16-17H2,1-8H3,(H,34,43)(H,36,41)(H,37,42)/t21-,25+,29+/m0/s1. The Kier molecular flexibility index (Phi) is 11.6. The molecule has 2 bridgehead atoms. The van der Waals surface area contributed by atoms with Gasteiger partial charge >= 0.3 is 0 Å². The van der Waals surface area contributed by atoms with Crippen LogP contribution in [0.25, 0.3) is 0 Å². The van der Waals surface area contributed by atoms with Crippen molar-refractivity contribution in [1.82, 2.24) is 35.6 Å². The molecule has 2 aromatic heterocycles. The predicted molar refractivity (Wildman–Crippen MR) is 178 cm³/mol. The predicted octanol–water partition coefficient (Wildman–Crippen LogP) is 2.95. The van der Waals surface area contributed by atoms with E-state index in [4.69, 9.17) is 9.47 Å². The van der Waals surface area contributed by atoms with Gasteiger partial charge in [-0.2, -0.15) is 5.10 Å². The van der Waals surface area contributed by atoms with Crippen molar-refractivity contribution < 1.29 is 28.7 Å². The Morgan fingerprint density at radius 1 is 1.15 bits per heavy atom. The van der Waals surface area contributed by atoms with Crippen LogP contribution < -0.4 is 25.4 Å². The second-order valence-electron chi connectivity index (χ2n) is 12.2. The highest BCUT2D eigenvalue weighted by atomic mass is 32.1. The number of carbonyl (C=O) groups is 4. The number of rotatable bonds is 8. The normalized spacial score (nSPS) is 19.0. The van der Waals surface area contributed by atoms with E-state index in [9.17, 15) is 19.2 Å². The van der Waals surface area contributed by atoms with E-state index in [2.05, 4.69) is 26.0 Å². The molecule has 0 aliphatic carbocycles. The second kappa shape index (κ2) is 15.4. The zero-order valence-corrected chi connectivity index (χ0v) is 29.1. The maximum absolute atomic E-state index is 13.8. The fourth-order valence-corrected chi connectivity index (χ4v) is 6.31. The Labute approximate surface area is 279 Å². The van der Waals surface area contributed by atoms with Gasteiger partial charge in [0, 0.05) is 36.9 Å². The minimum Gasteiger partial charge on any atom is -0.493 e. The summed E-state index contributed by atoms with van der Waals surface area (Å²) in [6.45, 7) is 13.7. The number of aryl methyl sites for hydroxylation is 5. The third-order valence-corrected chi connectivity index (χ3v) is 9.05. The van der Waals surface area contributed by atoms with Crippen LogP contribution >= 0.6 is 11.3 Å². The first-order valence-electron chi connectivity index (χ1n) is 15.7. The molecule has 13 nitrogen and oxygen atoms in total. The number of ether oxygens (including phenoxy) is 2. The monoisotopic (exact) mass is 667 g/mol. The molecule has 3 aromatic rings. The molecule has 0 saturated heterocycles. The summed E-state index contributed by atoms with van der Waals surface area (Å²) < 4.78 is 13.6. The number of nitrogens with one attached hydrogen (secondary N) is 3. The van der Waals surface area contributed by atoms with E-state index in [0.717, 1.165) is 16.4 Å². The highest BCUT2D eigenvalue weighted by Crippen LogP contribution is 2.30. The van der Waals surface area contributed by atoms with Crippen LogP contribution in [0, 0.1) is 33.6 Å². The Hall–Kier alpha value is -4.46. The summed E-state index contributed by atoms with van der Waals surface area (Å²) in [6.07, 6.45) is -0.577. The van der Waals surface area contributed by atoms with Gasteiger partial charge in [0.1, 0.15) is 4.88 Å². The molecule has 47 heavy (non-hydrogen) atoms. The third kappa shape index (κ3) is 8.88. The molecule has 4 rings (SSSR count). The average molecular weight is 668 g/mol. The molecule has 0 fully saturated rings. The molecule has 3 heterocycles. The smallest absolute Gasteiger partial charge is 0.266 e. The number of benzene rings is 1. The van der Waals surface area contributed by atoms with Crippen molar-refractivity contribution >= 4 is 35.0 Å². The molecule has 4 amide bonds. The van der Waals surface area contributed by atoms with Gasteiger partial charge < -0.3 is 30.3 Å². The lowest BCUT2D eigenvalue weighted by Crippen LogP contribution is -2.55. The van der Waals surface area contributed by atoms with E-state index in [1.54, 1.807) is 26.0 Å². The molecule has 1 aromatic carbocycles. The number of amides is 4. The minimum atomic E-state index is -1.19. The largest absolute Gasteiger partial charge is 0.493 e. The Morgan fingerprint density at radius 2 is 1.89 bits per heavy atom. The molecule has 0 unspecified atom stereocenters. The van der Waals surface area contributed by atoms with Crippen molar-refractivity contribution in [3.8, 4) is 11.5 Å². The van der Waals surface area contributed by atoms with Crippen molar-refractivity contribution in [3.63, 3.8) is 0 Å². The van der Waals surface area contributed by atoms with Crippen LogP contribution in [0.15, 0.2) is 24.3 Å². The summed E-state index contributed by atoms with van der Waals surface area (Å²) in [6, 6.07) is 5.40. The molecule has 0 radical (unpaired) electrons.